The summed E-state index contributed by atoms with van der Waals surface area (Å²) in [6.45, 7) is 8.03. The van der Waals surface area contributed by atoms with Crippen molar-refractivity contribution < 1.29 is 14.7 Å². The molecule has 0 aliphatic heterocycles. The minimum Gasteiger partial charge on any atom is -0.475 e. The normalized spacial score (nSPS) is 11.8. The van der Waals surface area contributed by atoms with Crippen LogP contribution in [0, 0.1) is 6.92 Å². The average molecular weight is 273 g/mol. The number of carboxylic acids is 1. The first-order valence-corrected chi connectivity index (χ1v) is 6.51. The van der Waals surface area contributed by atoms with Gasteiger partial charge in [-0.05, 0) is 30.0 Å². The number of carbonyl (C=O) groups is 2. The second kappa shape index (κ2) is 4.47. The molecule has 0 saturated carbocycles. The number of ketones is 1. The van der Waals surface area contributed by atoms with Crippen LogP contribution in [0.25, 0.3) is 10.9 Å². The molecule has 0 aliphatic carbocycles. The molecule has 1 aromatic heterocycles. The van der Waals surface area contributed by atoms with Gasteiger partial charge in [-0.25, -0.2) is 4.79 Å². The van der Waals surface area contributed by atoms with Crippen LogP contribution in [-0.4, -0.2) is 21.4 Å². The van der Waals surface area contributed by atoms with E-state index in [9.17, 15) is 9.59 Å². The van der Waals surface area contributed by atoms with E-state index in [4.69, 9.17) is 5.11 Å². The van der Waals surface area contributed by atoms with Gasteiger partial charge in [-0.1, -0.05) is 26.8 Å². The Hall–Kier alpha value is -2.10. The average Bonchev–Trinajstić information content (AvgIpc) is 2.60. The van der Waals surface area contributed by atoms with Gasteiger partial charge >= 0.3 is 5.97 Å². The molecule has 1 aromatic carbocycles. The third kappa shape index (κ3) is 2.11. The molecule has 0 aliphatic rings. The summed E-state index contributed by atoms with van der Waals surface area (Å²) in [5, 5.41) is 9.71. The van der Waals surface area contributed by atoms with Gasteiger partial charge in [-0.15, -0.1) is 0 Å². The topological polar surface area (TPSA) is 59.3 Å². The summed E-state index contributed by atoms with van der Waals surface area (Å²) < 4.78 is 1.86. The number of aliphatic carboxylic acids is 1. The number of rotatable bonds is 2. The SMILES string of the molecule is Cc1c(C(=O)C(=O)O)c2cc(C(C)(C)C)ccc2n1C. The summed E-state index contributed by atoms with van der Waals surface area (Å²) in [7, 11) is 1.84. The number of hydrogen-bond acceptors (Lipinski definition) is 2. The largest absolute Gasteiger partial charge is 0.475 e. The molecule has 20 heavy (non-hydrogen) atoms. The van der Waals surface area contributed by atoms with Crippen LogP contribution >= 0.6 is 0 Å². The van der Waals surface area contributed by atoms with Gasteiger partial charge in [0.2, 0.25) is 0 Å². The van der Waals surface area contributed by atoms with Crippen LogP contribution in [0.2, 0.25) is 0 Å². The van der Waals surface area contributed by atoms with E-state index in [1.165, 1.54) is 0 Å². The van der Waals surface area contributed by atoms with Crippen LogP contribution < -0.4 is 0 Å². The zero-order valence-electron chi connectivity index (χ0n) is 12.4. The highest BCUT2D eigenvalue weighted by molar-refractivity contribution is 6.42. The first-order valence-electron chi connectivity index (χ1n) is 6.51. The van der Waals surface area contributed by atoms with Crippen molar-refractivity contribution in [3.63, 3.8) is 0 Å². The van der Waals surface area contributed by atoms with Crippen molar-refractivity contribution in [3.05, 3.63) is 35.0 Å². The van der Waals surface area contributed by atoms with Crippen molar-refractivity contribution in [1.82, 2.24) is 4.57 Å². The Morgan fingerprint density at radius 1 is 1.20 bits per heavy atom. The monoisotopic (exact) mass is 273 g/mol. The molecule has 0 radical (unpaired) electrons. The lowest BCUT2D eigenvalue weighted by molar-refractivity contribution is -0.131. The van der Waals surface area contributed by atoms with Gasteiger partial charge in [0.1, 0.15) is 0 Å². The molecule has 0 unspecified atom stereocenters. The van der Waals surface area contributed by atoms with E-state index in [1.54, 1.807) is 6.92 Å². The van der Waals surface area contributed by atoms with E-state index in [1.807, 2.05) is 29.8 Å². The lowest BCUT2D eigenvalue weighted by Gasteiger charge is -2.19. The minimum absolute atomic E-state index is 0.0541. The Labute approximate surface area is 118 Å². The fourth-order valence-electron chi connectivity index (χ4n) is 2.43. The van der Waals surface area contributed by atoms with Gasteiger partial charge in [0.25, 0.3) is 5.78 Å². The van der Waals surface area contributed by atoms with Gasteiger partial charge < -0.3 is 9.67 Å². The van der Waals surface area contributed by atoms with Crippen molar-refractivity contribution in [3.8, 4) is 0 Å². The second-order valence-corrected chi connectivity index (χ2v) is 6.14. The number of benzene rings is 1. The van der Waals surface area contributed by atoms with Crippen LogP contribution in [0.5, 0.6) is 0 Å². The molecule has 2 rings (SSSR count). The highest BCUT2D eigenvalue weighted by atomic mass is 16.4. The number of carboxylic acid groups (broad SMARTS) is 1. The zero-order valence-corrected chi connectivity index (χ0v) is 12.4. The number of carbonyl (C=O) groups excluding carboxylic acids is 1. The number of nitrogens with zero attached hydrogens (tertiary/aromatic N) is 1. The van der Waals surface area contributed by atoms with Crippen LogP contribution in [0.15, 0.2) is 18.2 Å². The zero-order chi connectivity index (χ0) is 15.2. The van der Waals surface area contributed by atoms with E-state index in [2.05, 4.69) is 20.8 Å². The number of aromatic nitrogens is 1. The molecule has 0 bridgehead atoms. The van der Waals surface area contributed by atoms with Crippen molar-refractivity contribution >= 4 is 22.7 Å². The van der Waals surface area contributed by atoms with Gasteiger partial charge in [0, 0.05) is 23.6 Å². The second-order valence-electron chi connectivity index (χ2n) is 6.14. The van der Waals surface area contributed by atoms with Crippen LogP contribution in [-0.2, 0) is 17.3 Å². The molecule has 0 atom stereocenters. The minimum atomic E-state index is -1.42. The Kier molecular flexibility index (Phi) is 3.20. The highest BCUT2D eigenvalue weighted by Gasteiger charge is 2.25. The number of Topliss-reactive ketones (excluding diaryl/α,β-unsaturated/α-hetero) is 1. The maximum absolute atomic E-state index is 11.9. The van der Waals surface area contributed by atoms with Crippen molar-refractivity contribution in [2.24, 2.45) is 7.05 Å². The van der Waals surface area contributed by atoms with E-state index in [0.717, 1.165) is 11.1 Å². The molecule has 1 N–H and O–H groups in total. The predicted octanol–water partition coefficient (Wildman–Crippen LogP) is 3.05. The lowest BCUT2D eigenvalue weighted by Crippen LogP contribution is -2.14. The third-order valence-corrected chi connectivity index (χ3v) is 3.78. The summed E-state index contributed by atoms with van der Waals surface area (Å²) in [5.74, 6) is -2.26. The molecule has 2 aromatic rings. The Morgan fingerprint density at radius 2 is 1.80 bits per heavy atom. The third-order valence-electron chi connectivity index (χ3n) is 3.78. The Bertz CT molecular complexity index is 717. The molecule has 0 saturated heterocycles. The summed E-state index contributed by atoms with van der Waals surface area (Å²) in [6, 6.07) is 5.90. The molecular weight excluding hydrogens is 254 g/mol. The van der Waals surface area contributed by atoms with Gasteiger partial charge in [-0.2, -0.15) is 0 Å². The fourth-order valence-corrected chi connectivity index (χ4v) is 2.43. The van der Waals surface area contributed by atoms with Crippen molar-refractivity contribution in [1.29, 1.82) is 0 Å². The summed E-state index contributed by atoms with van der Waals surface area (Å²) in [5.41, 5.74) is 2.87. The molecular formula is C16H19NO3. The summed E-state index contributed by atoms with van der Waals surface area (Å²) in [6.07, 6.45) is 0. The number of fused-ring (bicyclic) bond motifs is 1. The van der Waals surface area contributed by atoms with E-state index in [0.29, 0.717) is 16.6 Å². The molecule has 0 fully saturated rings. The molecule has 4 heteroatoms. The van der Waals surface area contributed by atoms with Crippen molar-refractivity contribution in [2.75, 3.05) is 0 Å². The first kappa shape index (κ1) is 14.3. The molecule has 0 amide bonds. The fraction of sp³-hybridized carbons (Fsp3) is 0.375. The molecule has 0 spiro atoms. The van der Waals surface area contributed by atoms with E-state index >= 15 is 0 Å². The summed E-state index contributed by atoms with van der Waals surface area (Å²) >= 11 is 0. The molecule has 4 nitrogen and oxygen atoms in total. The lowest BCUT2D eigenvalue weighted by atomic mass is 9.86. The molecule has 1 heterocycles. The standard InChI is InChI=1S/C16H19NO3/c1-9-13(14(18)15(19)20)11-8-10(16(2,3)4)6-7-12(11)17(9)5/h6-8H,1-5H3,(H,19,20). The Morgan fingerprint density at radius 3 is 2.30 bits per heavy atom. The van der Waals surface area contributed by atoms with Gasteiger partial charge in [0.05, 0.1) is 5.56 Å². The predicted molar refractivity (Wildman–Crippen MR) is 78.3 cm³/mol. The highest BCUT2D eigenvalue weighted by Crippen LogP contribution is 2.31. The smallest absolute Gasteiger partial charge is 0.377 e. The Balaban J connectivity index is 2.83. The quantitative estimate of drug-likeness (QED) is 0.675. The summed E-state index contributed by atoms with van der Waals surface area (Å²) in [4.78, 5) is 23.0. The van der Waals surface area contributed by atoms with Crippen LogP contribution in [0.3, 0.4) is 0 Å². The number of hydrogen-bond donors (Lipinski definition) is 1. The van der Waals surface area contributed by atoms with E-state index in [-0.39, 0.29) is 5.41 Å². The van der Waals surface area contributed by atoms with Crippen molar-refractivity contribution in [2.45, 2.75) is 33.1 Å². The maximum atomic E-state index is 11.9. The number of aryl methyl sites for hydroxylation is 1. The maximum Gasteiger partial charge on any atom is 0.377 e. The van der Waals surface area contributed by atoms with Gasteiger partial charge in [0.15, 0.2) is 0 Å². The van der Waals surface area contributed by atoms with Crippen LogP contribution in [0.1, 0.15) is 42.4 Å². The first-order chi connectivity index (χ1) is 9.14. The molecule has 106 valence electrons. The van der Waals surface area contributed by atoms with E-state index < -0.39 is 11.8 Å². The van der Waals surface area contributed by atoms with Gasteiger partial charge in [-0.3, -0.25) is 4.79 Å². The van der Waals surface area contributed by atoms with Crippen LogP contribution in [0.4, 0.5) is 0 Å².